The Balaban J connectivity index is 2.08. The molecule has 1 aliphatic rings. The number of nitrogens with zero attached hydrogens (tertiary/aromatic N) is 1. The summed E-state index contributed by atoms with van der Waals surface area (Å²) in [5.41, 5.74) is 0.972. The van der Waals surface area contributed by atoms with Crippen LogP contribution >= 0.6 is 0 Å². The molecule has 0 saturated carbocycles. The summed E-state index contributed by atoms with van der Waals surface area (Å²) in [6.45, 7) is 0. The third-order valence-electron chi connectivity index (χ3n) is 3.43. The molecule has 2 aromatic rings. The quantitative estimate of drug-likeness (QED) is 0.489. The van der Waals surface area contributed by atoms with Crippen molar-refractivity contribution in [3.63, 3.8) is 0 Å². The fourth-order valence-corrected chi connectivity index (χ4v) is 3.01. The van der Waals surface area contributed by atoms with Gasteiger partial charge in [0.05, 0.1) is 16.5 Å². The minimum absolute atomic E-state index is 0.00317. The zero-order valence-electron chi connectivity index (χ0n) is 12.3. The van der Waals surface area contributed by atoms with Gasteiger partial charge in [-0.25, -0.2) is 13.1 Å². The van der Waals surface area contributed by atoms with Gasteiger partial charge in [0.1, 0.15) is 10.7 Å². The first-order valence-electron chi connectivity index (χ1n) is 6.67. The number of benzene rings is 1. The maximum Gasteiger partial charge on any atom is 0.433 e. The summed E-state index contributed by atoms with van der Waals surface area (Å²) in [6.07, 6.45) is 1.32. The molecule has 0 atom stereocenters. The Bertz CT molecular complexity index is 990. The Morgan fingerprint density at radius 3 is 2.67 bits per heavy atom. The largest absolute Gasteiger partial charge is 0.433 e. The van der Waals surface area contributed by atoms with Crippen molar-refractivity contribution in [2.45, 2.75) is 4.90 Å². The Kier molecular flexibility index (Phi) is 3.70. The average molecular weight is 349 g/mol. The smallest absolute Gasteiger partial charge is 0.401 e. The molecule has 24 heavy (non-hydrogen) atoms. The highest BCUT2D eigenvalue weighted by Gasteiger charge is 2.27. The van der Waals surface area contributed by atoms with Crippen LogP contribution in [-0.2, 0) is 14.8 Å². The number of fused-ring (bicyclic) bond motifs is 1. The SMILES string of the molecule is CNS(=O)(=O)c1ccc2c(c1)C(=Cc1ccc([N+](=O)[O-])o1)C(=O)N2. The molecule has 0 aliphatic carbocycles. The Hall–Kier alpha value is -2.98. The average Bonchev–Trinajstić information content (AvgIpc) is 3.13. The molecular weight excluding hydrogens is 338 g/mol. The molecule has 0 saturated heterocycles. The second-order valence-corrected chi connectivity index (χ2v) is 6.75. The number of nitro groups is 1. The van der Waals surface area contributed by atoms with E-state index in [1.54, 1.807) is 0 Å². The van der Waals surface area contributed by atoms with E-state index in [9.17, 15) is 23.3 Å². The Morgan fingerprint density at radius 2 is 2.04 bits per heavy atom. The van der Waals surface area contributed by atoms with Crippen molar-refractivity contribution < 1.29 is 22.6 Å². The van der Waals surface area contributed by atoms with Crippen molar-refractivity contribution in [3.05, 3.63) is 51.8 Å². The van der Waals surface area contributed by atoms with Gasteiger partial charge in [0.25, 0.3) is 5.91 Å². The first kappa shape index (κ1) is 15.9. The molecule has 9 nitrogen and oxygen atoms in total. The fourth-order valence-electron chi connectivity index (χ4n) is 2.26. The lowest BCUT2D eigenvalue weighted by Gasteiger charge is -2.04. The summed E-state index contributed by atoms with van der Waals surface area (Å²) in [6, 6.07) is 6.71. The predicted molar refractivity (Wildman–Crippen MR) is 84.6 cm³/mol. The maximum atomic E-state index is 12.1. The second-order valence-electron chi connectivity index (χ2n) is 4.86. The van der Waals surface area contributed by atoms with E-state index in [0.29, 0.717) is 11.3 Å². The topological polar surface area (TPSA) is 132 Å². The van der Waals surface area contributed by atoms with Crippen LogP contribution in [0.25, 0.3) is 11.6 Å². The number of hydrogen-bond acceptors (Lipinski definition) is 6. The lowest BCUT2D eigenvalue weighted by molar-refractivity contribution is -0.402. The maximum absolute atomic E-state index is 12.1. The normalized spacial score (nSPS) is 15.4. The zero-order chi connectivity index (χ0) is 17.5. The van der Waals surface area contributed by atoms with Gasteiger partial charge in [-0.2, -0.15) is 0 Å². The monoisotopic (exact) mass is 349 g/mol. The molecule has 0 radical (unpaired) electrons. The molecule has 0 unspecified atom stereocenters. The summed E-state index contributed by atoms with van der Waals surface area (Å²) in [7, 11) is -2.39. The van der Waals surface area contributed by atoms with Crippen molar-refractivity contribution >= 4 is 39.2 Å². The number of nitrogens with one attached hydrogen (secondary N) is 2. The van der Waals surface area contributed by atoms with Crippen LogP contribution in [0, 0.1) is 10.1 Å². The van der Waals surface area contributed by atoms with Gasteiger partial charge in [-0.15, -0.1) is 0 Å². The molecule has 1 aromatic heterocycles. The van der Waals surface area contributed by atoms with E-state index >= 15 is 0 Å². The van der Waals surface area contributed by atoms with Crippen LogP contribution in [-0.4, -0.2) is 26.3 Å². The minimum Gasteiger partial charge on any atom is -0.401 e. The van der Waals surface area contributed by atoms with Crippen LogP contribution in [0.4, 0.5) is 11.6 Å². The number of rotatable bonds is 4. The molecule has 1 aliphatic heterocycles. The van der Waals surface area contributed by atoms with Gasteiger partial charge >= 0.3 is 5.88 Å². The highest BCUT2D eigenvalue weighted by Crippen LogP contribution is 2.35. The van der Waals surface area contributed by atoms with Gasteiger partial charge in [0, 0.05) is 11.3 Å². The van der Waals surface area contributed by atoms with Gasteiger partial charge in [0.15, 0.2) is 0 Å². The minimum atomic E-state index is -3.67. The highest BCUT2D eigenvalue weighted by molar-refractivity contribution is 7.89. The molecule has 1 amide bonds. The van der Waals surface area contributed by atoms with E-state index in [1.165, 1.54) is 43.5 Å². The first-order valence-corrected chi connectivity index (χ1v) is 8.15. The van der Waals surface area contributed by atoms with E-state index in [-0.39, 0.29) is 16.2 Å². The first-order chi connectivity index (χ1) is 11.3. The lowest BCUT2D eigenvalue weighted by Crippen LogP contribution is -2.18. The van der Waals surface area contributed by atoms with Gasteiger partial charge < -0.3 is 9.73 Å². The van der Waals surface area contributed by atoms with Crippen molar-refractivity contribution in [2.24, 2.45) is 0 Å². The summed E-state index contributed by atoms with van der Waals surface area (Å²) < 4.78 is 31.0. The van der Waals surface area contributed by atoms with Crippen molar-refractivity contribution in [1.82, 2.24) is 4.72 Å². The van der Waals surface area contributed by atoms with Crippen LogP contribution in [0.2, 0.25) is 0 Å². The molecular formula is C14H11N3O6S. The molecule has 0 fully saturated rings. The standard InChI is InChI=1S/C14H11N3O6S/c1-15-24(21,22)9-3-4-12-10(7-9)11(14(18)16-12)6-8-2-5-13(23-8)17(19)20/h2-7,15H,1H3,(H,16,18). The van der Waals surface area contributed by atoms with Crippen LogP contribution in [0.15, 0.2) is 39.6 Å². The number of amides is 1. The number of carbonyl (C=O) groups excluding carboxylic acids is 1. The Labute approximate surface area is 136 Å². The number of anilines is 1. The molecule has 3 rings (SSSR count). The van der Waals surface area contributed by atoms with Gasteiger partial charge in [0.2, 0.25) is 10.0 Å². The number of sulfonamides is 1. The molecule has 0 bridgehead atoms. The second kappa shape index (κ2) is 5.58. The molecule has 0 spiro atoms. The van der Waals surface area contributed by atoms with Gasteiger partial charge in [-0.1, -0.05) is 0 Å². The third kappa shape index (κ3) is 2.68. The van der Waals surface area contributed by atoms with E-state index < -0.39 is 26.7 Å². The lowest BCUT2D eigenvalue weighted by atomic mass is 10.1. The molecule has 1 aromatic carbocycles. The highest BCUT2D eigenvalue weighted by atomic mass is 32.2. The third-order valence-corrected chi connectivity index (χ3v) is 4.84. The Morgan fingerprint density at radius 1 is 1.29 bits per heavy atom. The summed E-state index contributed by atoms with van der Waals surface area (Å²) in [4.78, 5) is 22.0. The van der Waals surface area contributed by atoms with Crippen molar-refractivity contribution in [3.8, 4) is 0 Å². The van der Waals surface area contributed by atoms with Crippen molar-refractivity contribution in [2.75, 3.05) is 12.4 Å². The summed E-state index contributed by atoms with van der Waals surface area (Å²) >= 11 is 0. The molecule has 2 N–H and O–H groups in total. The predicted octanol–water partition coefficient (Wildman–Crippen LogP) is 1.59. The van der Waals surface area contributed by atoms with Crippen molar-refractivity contribution in [1.29, 1.82) is 0 Å². The number of carbonyl (C=O) groups is 1. The van der Waals surface area contributed by atoms with Crippen LogP contribution in [0.1, 0.15) is 11.3 Å². The summed E-state index contributed by atoms with van der Waals surface area (Å²) in [5, 5.41) is 13.2. The number of furan rings is 1. The van der Waals surface area contributed by atoms with E-state index in [4.69, 9.17) is 4.42 Å². The van der Waals surface area contributed by atoms with E-state index in [2.05, 4.69) is 10.0 Å². The molecule has 10 heteroatoms. The summed E-state index contributed by atoms with van der Waals surface area (Å²) in [5.74, 6) is -0.795. The zero-order valence-corrected chi connectivity index (χ0v) is 13.1. The van der Waals surface area contributed by atoms with E-state index in [1.807, 2.05) is 0 Å². The fraction of sp³-hybridized carbons (Fsp3) is 0.0714. The number of hydrogen-bond donors (Lipinski definition) is 2. The van der Waals surface area contributed by atoms with Crippen LogP contribution < -0.4 is 10.0 Å². The van der Waals surface area contributed by atoms with E-state index in [0.717, 1.165) is 0 Å². The molecule has 2 heterocycles. The van der Waals surface area contributed by atoms with Crippen LogP contribution in [0.5, 0.6) is 0 Å². The van der Waals surface area contributed by atoms with Gasteiger partial charge in [-0.05, 0) is 37.4 Å². The van der Waals surface area contributed by atoms with Crippen LogP contribution in [0.3, 0.4) is 0 Å². The molecule has 124 valence electrons. The van der Waals surface area contributed by atoms with Gasteiger partial charge in [-0.3, -0.25) is 14.9 Å².